The third kappa shape index (κ3) is 5.56. The van der Waals surface area contributed by atoms with E-state index in [1.54, 1.807) is 7.11 Å². The molecule has 5 heteroatoms. The van der Waals surface area contributed by atoms with Crippen LogP contribution < -0.4 is 10.1 Å². The summed E-state index contributed by atoms with van der Waals surface area (Å²) in [6.45, 7) is 2.99. The van der Waals surface area contributed by atoms with E-state index in [0.717, 1.165) is 50.2 Å². The number of piperidine rings is 1. The van der Waals surface area contributed by atoms with Crippen molar-refractivity contribution in [1.82, 2.24) is 15.2 Å². The Morgan fingerprint density at radius 1 is 1.19 bits per heavy atom. The molecule has 1 N–H and O–H groups in total. The molecule has 1 aliphatic heterocycles. The van der Waals surface area contributed by atoms with Crippen LogP contribution in [0.15, 0.2) is 48.8 Å². The third-order valence-electron chi connectivity index (χ3n) is 4.88. The number of pyridine rings is 1. The van der Waals surface area contributed by atoms with E-state index in [9.17, 15) is 4.79 Å². The summed E-state index contributed by atoms with van der Waals surface area (Å²) in [4.78, 5) is 18.7. The van der Waals surface area contributed by atoms with Crippen LogP contribution in [-0.4, -0.2) is 42.0 Å². The van der Waals surface area contributed by atoms with E-state index >= 15 is 0 Å². The Bertz CT molecular complexity index is 697. The third-order valence-corrected chi connectivity index (χ3v) is 4.88. The second-order valence-electron chi connectivity index (χ2n) is 6.82. The predicted octanol–water partition coefficient (Wildman–Crippen LogP) is 2.80. The van der Waals surface area contributed by atoms with Crippen molar-refractivity contribution in [2.24, 2.45) is 0 Å². The average Bonchev–Trinajstić information content (AvgIpc) is 2.69. The number of rotatable bonds is 7. The number of hydrogen-bond donors (Lipinski definition) is 1. The Hall–Kier alpha value is -2.40. The van der Waals surface area contributed by atoms with Gasteiger partial charge in [-0.3, -0.25) is 14.7 Å². The van der Waals surface area contributed by atoms with E-state index in [1.807, 2.05) is 36.7 Å². The van der Waals surface area contributed by atoms with E-state index in [1.165, 1.54) is 5.56 Å². The molecule has 1 saturated heterocycles. The molecular weight excluding hydrogens is 326 g/mol. The smallest absolute Gasteiger partial charge is 0.220 e. The van der Waals surface area contributed by atoms with Gasteiger partial charge in [-0.05, 0) is 54.7 Å². The van der Waals surface area contributed by atoms with Gasteiger partial charge in [0.25, 0.3) is 0 Å². The van der Waals surface area contributed by atoms with Crippen LogP contribution in [0, 0.1) is 0 Å². The van der Waals surface area contributed by atoms with Crippen LogP contribution in [0.5, 0.6) is 5.75 Å². The molecule has 2 aromatic rings. The molecule has 5 nitrogen and oxygen atoms in total. The highest BCUT2D eigenvalue weighted by atomic mass is 16.5. The van der Waals surface area contributed by atoms with Gasteiger partial charge < -0.3 is 10.1 Å². The highest BCUT2D eigenvalue weighted by Crippen LogP contribution is 2.15. The Balaban J connectivity index is 1.38. The number of ether oxygens (including phenoxy) is 1. The first-order valence-corrected chi connectivity index (χ1v) is 9.26. The lowest BCUT2D eigenvalue weighted by Gasteiger charge is -2.32. The molecule has 0 bridgehead atoms. The normalized spacial score (nSPS) is 15.6. The fourth-order valence-corrected chi connectivity index (χ4v) is 3.37. The summed E-state index contributed by atoms with van der Waals surface area (Å²) in [6.07, 6.45) is 6.95. The van der Waals surface area contributed by atoms with E-state index in [4.69, 9.17) is 4.74 Å². The van der Waals surface area contributed by atoms with Crippen LogP contribution >= 0.6 is 0 Å². The highest BCUT2D eigenvalue weighted by molar-refractivity contribution is 5.76. The Labute approximate surface area is 155 Å². The molecule has 26 heavy (non-hydrogen) atoms. The SMILES string of the molecule is COc1cccc(CCC(=O)NC2CCN(Cc3ccncc3)CC2)c1. The summed E-state index contributed by atoms with van der Waals surface area (Å²) in [6, 6.07) is 12.3. The zero-order valence-corrected chi connectivity index (χ0v) is 15.4. The summed E-state index contributed by atoms with van der Waals surface area (Å²) in [5, 5.41) is 3.20. The number of aromatic nitrogens is 1. The van der Waals surface area contributed by atoms with Crippen LogP contribution in [0.1, 0.15) is 30.4 Å². The number of likely N-dealkylation sites (tertiary alicyclic amines) is 1. The zero-order chi connectivity index (χ0) is 18.2. The molecule has 1 aromatic carbocycles. The van der Waals surface area contributed by atoms with Gasteiger partial charge in [-0.25, -0.2) is 0 Å². The Kier molecular flexibility index (Phi) is 6.61. The summed E-state index contributed by atoms with van der Waals surface area (Å²) in [5.41, 5.74) is 2.42. The largest absolute Gasteiger partial charge is 0.497 e. The van der Waals surface area contributed by atoms with Gasteiger partial charge in [0, 0.05) is 44.5 Å². The van der Waals surface area contributed by atoms with Gasteiger partial charge in [0.2, 0.25) is 5.91 Å². The van der Waals surface area contributed by atoms with E-state index < -0.39 is 0 Å². The molecule has 0 radical (unpaired) electrons. The molecule has 0 saturated carbocycles. The number of benzene rings is 1. The second kappa shape index (κ2) is 9.34. The minimum Gasteiger partial charge on any atom is -0.497 e. The van der Waals surface area contributed by atoms with Crippen molar-refractivity contribution in [2.45, 2.75) is 38.3 Å². The number of hydrogen-bond acceptors (Lipinski definition) is 4. The number of carbonyl (C=O) groups excluding carboxylic acids is 1. The fraction of sp³-hybridized carbons (Fsp3) is 0.429. The summed E-state index contributed by atoms with van der Waals surface area (Å²) in [7, 11) is 1.66. The minimum atomic E-state index is 0.139. The van der Waals surface area contributed by atoms with Gasteiger partial charge in [0.1, 0.15) is 5.75 Å². The number of aryl methyl sites for hydroxylation is 1. The first-order chi connectivity index (χ1) is 12.7. The molecule has 1 fully saturated rings. The van der Waals surface area contributed by atoms with Gasteiger partial charge >= 0.3 is 0 Å². The van der Waals surface area contributed by atoms with Crippen molar-refractivity contribution in [3.8, 4) is 5.75 Å². The summed E-state index contributed by atoms with van der Waals surface area (Å²) >= 11 is 0. The van der Waals surface area contributed by atoms with Gasteiger partial charge in [-0.2, -0.15) is 0 Å². The molecule has 1 amide bonds. The monoisotopic (exact) mass is 353 g/mol. The van der Waals surface area contributed by atoms with Crippen LogP contribution in [-0.2, 0) is 17.8 Å². The Morgan fingerprint density at radius 3 is 2.69 bits per heavy atom. The van der Waals surface area contributed by atoms with E-state index in [0.29, 0.717) is 12.5 Å². The topological polar surface area (TPSA) is 54.5 Å². The maximum Gasteiger partial charge on any atom is 0.220 e. The van der Waals surface area contributed by atoms with Crippen molar-refractivity contribution in [3.63, 3.8) is 0 Å². The van der Waals surface area contributed by atoms with Crippen LogP contribution in [0.2, 0.25) is 0 Å². The molecule has 1 aliphatic rings. The number of amides is 1. The van der Waals surface area contributed by atoms with Gasteiger partial charge in [-0.1, -0.05) is 12.1 Å². The molecule has 138 valence electrons. The first kappa shape index (κ1) is 18.4. The number of carbonyl (C=O) groups is 1. The minimum absolute atomic E-state index is 0.139. The molecule has 2 heterocycles. The standard InChI is InChI=1S/C21H27N3O2/c1-26-20-4-2-3-17(15-20)5-6-21(25)23-19-9-13-24(14-10-19)16-18-7-11-22-12-8-18/h2-4,7-8,11-12,15,19H,5-6,9-10,13-14,16H2,1H3,(H,23,25). The number of nitrogens with one attached hydrogen (secondary N) is 1. The Morgan fingerprint density at radius 2 is 1.96 bits per heavy atom. The van der Waals surface area contributed by atoms with Crippen LogP contribution in [0.3, 0.4) is 0 Å². The number of nitrogens with zero attached hydrogens (tertiary/aromatic N) is 2. The molecule has 0 atom stereocenters. The van der Waals surface area contributed by atoms with E-state index in [-0.39, 0.29) is 5.91 Å². The molecule has 0 aliphatic carbocycles. The van der Waals surface area contributed by atoms with Crippen molar-refractivity contribution < 1.29 is 9.53 Å². The fourth-order valence-electron chi connectivity index (χ4n) is 3.37. The molecule has 0 spiro atoms. The quantitative estimate of drug-likeness (QED) is 0.832. The van der Waals surface area contributed by atoms with Crippen molar-refractivity contribution in [3.05, 3.63) is 59.9 Å². The van der Waals surface area contributed by atoms with Crippen molar-refractivity contribution >= 4 is 5.91 Å². The lowest BCUT2D eigenvalue weighted by atomic mass is 10.0. The lowest BCUT2D eigenvalue weighted by molar-refractivity contribution is -0.122. The maximum atomic E-state index is 12.2. The average molecular weight is 353 g/mol. The first-order valence-electron chi connectivity index (χ1n) is 9.26. The van der Waals surface area contributed by atoms with Crippen LogP contribution in [0.25, 0.3) is 0 Å². The maximum absolute atomic E-state index is 12.2. The molecule has 0 unspecified atom stereocenters. The van der Waals surface area contributed by atoms with Gasteiger partial charge in [0.05, 0.1) is 7.11 Å². The molecular formula is C21H27N3O2. The highest BCUT2D eigenvalue weighted by Gasteiger charge is 2.20. The van der Waals surface area contributed by atoms with E-state index in [2.05, 4.69) is 27.3 Å². The van der Waals surface area contributed by atoms with Crippen molar-refractivity contribution in [2.75, 3.05) is 20.2 Å². The predicted molar refractivity (Wildman–Crippen MR) is 102 cm³/mol. The molecule has 1 aromatic heterocycles. The summed E-state index contributed by atoms with van der Waals surface area (Å²) < 4.78 is 5.23. The van der Waals surface area contributed by atoms with Crippen molar-refractivity contribution in [1.29, 1.82) is 0 Å². The van der Waals surface area contributed by atoms with Gasteiger partial charge in [-0.15, -0.1) is 0 Å². The molecule has 3 rings (SSSR count). The zero-order valence-electron chi connectivity index (χ0n) is 15.4. The second-order valence-corrected chi connectivity index (χ2v) is 6.82. The number of methoxy groups -OCH3 is 1. The van der Waals surface area contributed by atoms with Gasteiger partial charge in [0.15, 0.2) is 0 Å². The lowest BCUT2D eigenvalue weighted by Crippen LogP contribution is -2.44. The summed E-state index contributed by atoms with van der Waals surface area (Å²) in [5.74, 6) is 0.977. The van der Waals surface area contributed by atoms with Crippen LogP contribution in [0.4, 0.5) is 0 Å².